The van der Waals surface area contributed by atoms with Gasteiger partial charge in [0.2, 0.25) is 0 Å². The maximum Gasteiger partial charge on any atom is 0.251 e. The van der Waals surface area contributed by atoms with Crippen molar-refractivity contribution in [1.82, 2.24) is 15.6 Å². The first kappa shape index (κ1) is 18.1. The summed E-state index contributed by atoms with van der Waals surface area (Å²) in [5.41, 5.74) is 3.13. The first-order valence-electron chi connectivity index (χ1n) is 9.43. The Kier molecular flexibility index (Phi) is 4.97. The largest absolute Gasteiger partial charge is 0.365 e. The molecule has 4 atom stereocenters. The third kappa shape index (κ3) is 3.61. The summed E-state index contributed by atoms with van der Waals surface area (Å²) in [6, 6.07) is 7.62. The van der Waals surface area contributed by atoms with Gasteiger partial charge in [0, 0.05) is 36.9 Å². The second kappa shape index (κ2) is 7.40. The normalized spacial score (nSPS) is 28.5. The van der Waals surface area contributed by atoms with Crippen molar-refractivity contribution in [2.24, 2.45) is 0 Å². The number of hydrogen-bond donors (Lipinski definition) is 2. The number of carbonyl (C=O) groups excluding carboxylic acids is 1. The summed E-state index contributed by atoms with van der Waals surface area (Å²) in [6.07, 6.45) is -0.00139. The van der Waals surface area contributed by atoms with E-state index in [-0.39, 0.29) is 18.6 Å². The summed E-state index contributed by atoms with van der Waals surface area (Å²) in [5.74, 6) is -0.252. The first-order chi connectivity index (χ1) is 13.0. The number of halogens is 1. The number of amides is 1. The van der Waals surface area contributed by atoms with Crippen molar-refractivity contribution in [3.63, 3.8) is 0 Å². The Bertz CT molecular complexity index is 846. The van der Waals surface area contributed by atoms with Gasteiger partial charge in [0.05, 0.1) is 24.2 Å². The predicted octanol–water partition coefficient (Wildman–Crippen LogP) is 1.56. The fourth-order valence-electron chi connectivity index (χ4n) is 3.93. The molecule has 0 spiro atoms. The van der Waals surface area contributed by atoms with Crippen molar-refractivity contribution in [2.45, 2.75) is 38.3 Å². The molecule has 3 heterocycles. The molecule has 2 saturated heterocycles. The second-order valence-electron chi connectivity index (χ2n) is 7.43. The molecule has 1 aromatic heterocycles. The highest BCUT2D eigenvalue weighted by Gasteiger charge is 2.35. The number of alkyl halides is 1. The molecule has 0 radical (unpaired) electrons. The van der Waals surface area contributed by atoms with Crippen molar-refractivity contribution < 1.29 is 13.9 Å². The number of fused-ring (bicyclic) bond motifs is 1. The summed E-state index contributed by atoms with van der Waals surface area (Å²) in [5, 5.41) is 6.81. The van der Waals surface area contributed by atoms with Crippen LogP contribution in [0.15, 0.2) is 30.5 Å². The zero-order valence-corrected chi connectivity index (χ0v) is 15.6. The number of anilines is 1. The van der Waals surface area contributed by atoms with Crippen molar-refractivity contribution in [1.29, 1.82) is 0 Å². The smallest absolute Gasteiger partial charge is 0.251 e. The molecular formula is C20H25FN4O2. The van der Waals surface area contributed by atoms with Crippen LogP contribution < -0.4 is 15.5 Å². The highest BCUT2D eigenvalue weighted by Crippen LogP contribution is 2.30. The van der Waals surface area contributed by atoms with Crippen molar-refractivity contribution >= 4 is 22.5 Å². The van der Waals surface area contributed by atoms with Crippen molar-refractivity contribution in [3.05, 3.63) is 36.0 Å². The lowest BCUT2D eigenvalue weighted by Crippen LogP contribution is -2.55. The van der Waals surface area contributed by atoms with E-state index in [9.17, 15) is 9.18 Å². The Hall–Kier alpha value is -2.25. The molecule has 2 aromatic rings. The van der Waals surface area contributed by atoms with Gasteiger partial charge in [0.25, 0.3) is 5.91 Å². The molecule has 1 aromatic carbocycles. The van der Waals surface area contributed by atoms with E-state index in [0.717, 1.165) is 22.2 Å². The molecule has 1 amide bonds. The Labute approximate surface area is 158 Å². The average Bonchev–Trinajstić information content (AvgIpc) is 3.06. The Morgan fingerprint density at radius 2 is 2.19 bits per heavy atom. The number of carbonyl (C=O) groups is 1. The standard InChI is InChI=1S/C20H25FN4O2/c1-12-5-6-17(14-4-3-7-23-19(12)14)25-10-13(2)27-18(11-25)20(26)24-16-9-22-8-15(16)21/h3-7,13,15-16,18,22H,8-11H2,1-2H3,(H,24,26)/t13-,15?,16?,18-/m1/s1. The average molecular weight is 372 g/mol. The van der Waals surface area contributed by atoms with Crippen LogP contribution in [0, 0.1) is 6.92 Å². The van der Waals surface area contributed by atoms with E-state index in [4.69, 9.17) is 4.74 Å². The molecular weight excluding hydrogens is 347 g/mol. The number of nitrogens with zero attached hydrogens (tertiary/aromatic N) is 2. The third-order valence-corrected chi connectivity index (χ3v) is 5.31. The van der Waals surface area contributed by atoms with Crippen LogP contribution in [0.4, 0.5) is 10.1 Å². The molecule has 2 N–H and O–H groups in total. The molecule has 2 aliphatic heterocycles. The number of hydrogen-bond acceptors (Lipinski definition) is 5. The molecule has 2 fully saturated rings. The third-order valence-electron chi connectivity index (χ3n) is 5.31. The molecule has 4 rings (SSSR count). The Morgan fingerprint density at radius 1 is 1.33 bits per heavy atom. The summed E-state index contributed by atoms with van der Waals surface area (Å²) in [4.78, 5) is 19.3. The highest BCUT2D eigenvalue weighted by atomic mass is 19.1. The van der Waals surface area contributed by atoms with Gasteiger partial charge in [-0.1, -0.05) is 6.07 Å². The van der Waals surface area contributed by atoms with Crippen LogP contribution in [0.2, 0.25) is 0 Å². The van der Waals surface area contributed by atoms with Crippen LogP contribution in [0.25, 0.3) is 10.9 Å². The summed E-state index contributed by atoms with van der Waals surface area (Å²) in [7, 11) is 0. The number of benzene rings is 1. The van der Waals surface area contributed by atoms with Gasteiger partial charge in [-0.05, 0) is 37.6 Å². The second-order valence-corrected chi connectivity index (χ2v) is 7.43. The summed E-state index contributed by atoms with van der Waals surface area (Å²) in [6.45, 7) is 5.85. The quantitative estimate of drug-likeness (QED) is 0.856. The molecule has 7 heteroatoms. The number of ether oxygens (including phenoxy) is 1. The molecule has 144 valence electrons. The minimum absolute atomic E-state index is 0.106. The van der Waals surface area contributed by atoms with Gasteiger partial charge in [-0.3, -0.25) is 9.78 Å². The fraction of sp³-hybridized carbons (Fsp3) is 0.500. The van der Waals surface area contributed by atoms with E-state index in [1.54, 1.807) is 6.20 Å². The fourth-order valence-corrected chi connectivity index (χ4v) is 3.93. The van der Waals surface area contributed by atoms with Crippen LogP contribution in [-0.4, -0.2) is 61.5 Å². The molecule has 6 nitrogen and oxygen atoms in total. The van der Waals surface area contributed by atoms with Gasteiger partial charge in [-0.25, -0.2) is 4.39 Å². The lowest BCUT2D eigenvalue weighted by atomic mass is 10.1. The summed E-state index contributed by atoms with van der Waals surface area (Å²) >= 11 is 0. The monoisotopic (exact) mass is 372 g/mol. The molecule has 0 bridgehead atoms. The Morgan fingerprint density at radius 3 is 2.96 bits per heavy atom. The van der Waals surface area contributed by atoms with Crippen molar-refractivity contribution in [2.75, 3.05) is 31.1 Å². The first-order valence-corrected chi connectivity index (χ1v) is 9.43. The number of nitrogens with one attached hydrogen (secondary N) is 2. The number of aromatic nitrogens is 1. The number of rotatable bonds is 3. The molecule has 0 saturated carbocycles. The molecule has 2 aliphatic rings. The van der Waals surface area contributed by atoms with Gasteiger partial charge in [-0.15, -0.1) is 0 Å². The van der Waals surface area contributed by atoms with Crippen LogP contribution in [0.5, 0.6) is 0 Å². The van der Waals surface area contributed by atoms with Crippen molar-refractivity contribution in [3.8, 4) is 0 Å². The van der Waals surface area contributed by atoms with E-state index in [1.807, 2.05) is 19.9 Å². The maximum atomic E-state index is 13.8. The van der Waals surface area contributed by atoms with Crippen LogP contribution >= 0.6 is 0 Å². The Balaban J connectivity index is 1.56. The maximum absolute atomic E-state index is 13.8. The molecule has 0 aliphatic carbocycles. The van der Waals surface area contributed by atoms with E-state index in [1.165, 1.54) is 0 Å². The van der Waals surface area contributed by atoms with Gasteiger partial charge in [-0.2, -0.15) is 0 Å². The van der Waals surface area contributed by atoms with Crippen LogP contribution in [0.3, 0.4) is 0 Å². The minimum atomic E-state index is -1.06. The zero-order valence-electron chi connectivity index (χ0n) is 15.6. The van der Waals surface area contributed by atoms with Crippen LogP contribution in [-0.2, 0) is 9.53 Å². The predicted molar refractivity (Wildman–Crippen MR) is 103 cm³/mol. The van der Waals surface area contributed by atoms with E-state index >= 15 is 0 Å². The van der Waals surface area contributed by atoms with E-state index in [0.29, 0.717) is 19.6 Å². The van der Waals surface area contributed by atoms with Crippen LogP contribution in [0.1, 0.15) is 12.5 Å². The lowest BCUT2D eigenvalue weighted by Gasteiger charge is -2.38. The minimum Gasteiger partial charge on any atom is -0.365 e. The summed E-state index contributed by atoms with van der Waals surface area (Å²) < 4.78 is 19.7. The number of pyridine rings is 1. The molecule has 27 heavy (non-hydrogen) atoms. The zero-order chi connectivity index (χ0) is 19.0. The number of morpholine rings is 1. The van der Waals surface area contributed by atoms with Gasteiger partial charge >= 0.3 is 0 Å². The van der Waals surface area contributed by atoms with Gasteiger partial charge in [0.15, 0.2) is 6.10 Å². The highest BCUT2D eigenvalue weighted by molar-refractivity contribution is 5.94. The number of aryl methyl sites for hydroxylation is 1. The lowest BCUT2D eigenvalue weighted by molar-refractivity contribution is -0.138. The SMILES string of the molecule is Cc1ccc(N2C[C@@H](C)O[C@@H](C(=O)NC3CNCC3F)C2)c2cccnc12. The van der Waals surface area contributed by atoms with E-state index in [2.05, 4.69) is 38.7 Å². The van der Waals surface area contributed by atoms with Gasteiger partial charge in [0.1, 0.15) is 6.17 Å². The topological polar surface area (TPSA) is 66.5 Å². The van der Waals surface area contributed by atoms with E-state index < -0.39 is 18.3 Å². The van der Waals surface area contributed by atoms with Gasteiger partial charge < -0.3 is 20.3 Å². The molecule has 2 unspecified atom stereocenters.